The summed E-state index contributed by atoms with van der Waals surface area (Å²) in [5.41, 5.74) is 5.54. The Morgan fingerprint density at radius 1 is 0.846 bits per heavy atom. The zero-order valence-corrected chi connectivity index (χ0v) is 21.9. The summed E-state index contributed by atoms with van der Waals surface area (Å²) in [6.45, 7) is 0.119. The van der Waals surface area contributed by atoms with E-state index in [1.165, 1.54) is 16.0 Å². The fourth-order valence-electron chi connectivity index (χ4n) is 5.99. The third-order valence-corrected chi connectivity index (χ3v) is 7.89. The van der Waals surface area contributed by atoms with Gasteiger partial charge in [0.25, 0.3) is 0 Å². The summed E-state index contributed by atoms with van der Waals surface area (Å²) in [5.74, 6) is -1.35. The van der Waals surface area contributed by atoms with Crippen molar-refractivity contribution < 1.29 is 24.2 Å². The number of nitrogens with one attached hydrogen (secondary N) is 1. The minimum atomic E-state index is -1.05. The average molecular weight is 527 g/mol. The normalized spacial score (nSPS) is 18.1. The van der Waals surface area contributed by atoms with Crippen LogP contribution in [-0.4, -0.2) is 47.2 Å². The number of carboxylic acids is 1. The van der Waals surface area contributed by atoms with Crippen molar-refractivity contribution in [1.29, 1.82) is 0 Å². The second-order valence-electron chi connectivity index (χ2n) is 10.5. The molecule has 0 spiro atoms. The molecule has 2 aliphatic rings. The van der Waals surface area contributed by atoms with Crippen LogP contribution in [0.4, 0.5) is 4.79 Å². The number of rotatable bonds is 9. The van der Waals surface area contributed by atoms with Crippen molar-refractivity contribution >= 4 is 18.0 Å². The number of carbonyl (C=O) groups is 3. The molecule has 1 saturated carbocycles. The van der Waals surface area contributed by atoms with Crippen molar-refractivity contribution in [2.45, 2.75) is 50.6 Å². The number of hydrogen-bond donors (Lipinski definition) is 2. The van der Waals surface area contributed by atoms with E-state index < -0.39 is 12.1 Å². The molecule has 202 valence electrons. The maximum absolute atomic E-state index is 13.2. The molecular weight excluding hydrogens is 492 g/mol. The Morgan fingerprint density at radius 2 is 1.46 bits per heavy atom. The molecule has 2 atom stereocenters. The molecule has 39 heavy (non-hydrogen) atoms. The molecule has 3 aromatic carbocycles. The lowest BCUT2D eigenvalue weighted by molar-refractivity contribution is -0.145. The first kappa shape index (κ1) is 26.5. The molecule has 7 nitrogen and oxygen atoms in total. The summed E-state index contributed by atoms with van der Waals surface area (Å²) in [4.78, 5) is 39.0. The van der Waals surface area contributed by atoms with E-state index in [1.54, 1.807) is 0 Å². The number of amides is 2. The van der Waals surface area contributed by atoms with Gasteiger partial charge in [0.1, 0.15) is 13.2 Å². The molecule has 0 heterocycles. The molecular formula is C32H34N2O5. The van der Waals surface area contributed by atoms with Crippen LogP contribution >= 0.6 is 0 Å². The molecule has 5 rings (SSSR count). The molecule has 0 aliphatic heterocycles. The van der Waals surface area contributed by atoms with Crippen molar-refractivity contribution in [2.24, 2.45) is 5.92 Å². The van der Waals surface area contributed by atoms with Crippen LogP contribution in [-0.2, 0) is 20.9 Å². The quantitative estimate of drug-likeness (QED) is 0.379. The Labute approximate surface area is 228 Å². The number of aliphatic carboxylic acids is 1. The Balaban J connectivity index is 1.20. The maximum atomic E-state index is 13.2. The second-order valence-corrected chi connectivity index (χ2v) is 10.5. The van der Waals surface area contributed by atoms with Crippen LogP contribution in [0.15, 0.2) is 78.9 Å². The van der Waals surface area contributed by atoms with E-state index in [1.807, 2.05) is 54.6 Å². The molecule has 2 N–H and O–H groups in total. The molecule has 2 aliphatic carbocycles. The van der Waals surface area contributed by atoms with Crippen molar-refractivity contribution in [3.05, 3.63) is 95.6 Å². The van der Waals surface area contributed by atoms with Gasteiger partial charge in [0.2, 0.25) is 5.91 Å². The Hall–Kier alpha value is -4.13. The van der Waals surface area contributed by atoms with Gasteiger partial charge in [-0.1, -0.05) is 91.7 Å². The summed E-state index contributed by atoms with van der Waals surface area (Å²) >= 11 is 0. The standard InChI is InChI=1S/C32H34N2O5/c35-30(34(20-31(36)37)19-22-10-2-1-3-11-22)18-23-12-4-9-17-29(23)33-32(38)39-21-28-26-15-7-5-13-24(26)25-14-6-8-16-27(25)28/h1-3,5-8,10-11,13-16,23,28-29H,4,9,12,17-21H2,(H,33,38)(H,36,37)/t23-,29-/m0/s1. The highest BCUT2D eigenvalue weighted by Crippen LogP contribution is 2.44. The summed E-state index contributed by atoms with van der Waals surface area (Å²) in [6.07, 6.45) is 3.20. The van der Waals surface area contributed by atoms with E-state index in [0.717, 1.165) is 42.4 Å². The molecule has 1 fully saturated rings. The summed E-state index contributed by atoms with van der Waals surface area (Å²) in [6, 6.07) is 25.6. The van der Waals surface area contributed by atoms with E-state index in [9.17, 15) is 19.5 Å². The molecule has 3 aromatic rings. The molecule has 2 amide bonds. The number of ether oxygens (including phenoxy) is 1. The number of nitrogens with zero attached hydrogens (tertiary/aromatic N) is 1. The fourth-order valence-corrected chi connectivity index (χ4v) is 5.99. The van der Waals surface area contributed by atoms with Gasteiger partial charge in [-0.25, -0.2) is 4.79 Å². The van der Waals surface area contributed by atoms with Gasteiger partial charge in [0.15, 0.2) is 0 Å². The van der Waals surface area contributed by atoms with Crippen LogP contribution in [0.1, 0.15) is 54.7 Å². The summed E-state index contributed by atoms with van der Waals surface area (Å²) in [5, 5.41) is 12.4. The lowest BCUT2D eigenvalue weighted by Crippen LogP contribution is -2.45. The van der Waals surface area contributed by atoms with Gasteiger partial charge in [0.05, 0.1) is 0 Å². The van der Waals surface area contributed by atoms with Crippen LogP contribution in [0, 0.1) is 5.92 Å². The summed E-state index contributed by atoms with van der Waals surface area (Å²) in [7, 11) is 0. The van der Waals surface area contributed by atoms with Crippen molar-refractivity contribution in [3.63, 3.8) is 0 Å². The van der Waals surface area contributed by atoms with E-state index in [4.69, 9.17) is 4.74 Å². The molecule has 0 saturated heterocycles. The number of alkyl carbamates (subject to hydrolysis) is 1. The van der Waals surface area contributed by atoms with Crippen LogP contribution in [0.5, 0.6) is 0 Å². The summed E-state index contributed by atoms with van der Waals surface area (Å²) < 4.78 is 5.75. The molecule has 0 aromatic heterocycles. The van der Waals surface area contributed by atoms with Crippen LogP contribution in [0.3, 0.4) is 0 Å². The first-order chi connectivity index (χ1) is 19.0. The zero-order valence-electron chi connectivity index (χ0n) is 21.9. The number of hydrogen-bond acceptors (Lipinski definition) is 4. The van der Waals surface area contributed by atoms with Gasteiger partial charge < -0.3 is 20.1 Å². The van der Waals surface area contributed by atoms with Gasteiger partial charge in [-0.2, -0.15) is 0 Å². The monoisotopic (exact) mass is 526 g/mol. The lowest BCUT2D eigenvalue weighted by atomic mass is 9.82. The van der Waals surface area contributed by atoms with Gasteiger partial charge >= 0.3 is 12.1 Å². The largest absolute Gasteiger partial charge is 0.480 e. The van der Waals surface area contributed by atoms with E-state index >= 15 is 0 Å². The Morgan fingerprint density at radius 3 is 2.13 bits per heavy atom. The van der Waals surface area contributed by atoms with Gasteiger partial charge in [0, 0.05) is 24.9 Å². The zero-order chi connectivity index (χ0) is 27.2. The molecule has 7 heteroatoms. The third kappa shape index (κ3) is 6.30. The van der Waals surface area contributed by atoms with Gasteiger partial charge in [-0.05, 0) is 46.6 Å². The first-order valence-corrected chi connectivity index (χ1v) is 13.6. The SMILES string of the molecule is O=C(O)CN(Cc1ccccc1)C(=O)C[C@@H]1CCCC[C@@H]1NC(=O)OCC1c2ccccc2-c2ccccc21. The van der Waals surface area contributed by atoms with E-state index in [-0.39, 0.29) is 49.9 Å². The Kier molecular flexibility index (Phi) is 8.25. The van der Waals surface area contributed by atoms with E-state index in [2.05, 4.69) is 29.6 Å². The van der Waals surface area contributed by atoms with Gasteiger partial charge in [-0.3, -0.25) is 9.59 Å². The molecule has 0 bridgehead atoms. The predicted molar refractivity (Wildman–Crippen MR) is 148 cm³/mol. The number of carbonyl (C=O) groups excluding carboxylic acids is 2. The second kappa shape index (κ2) is 12.2. The highest BCUT2D eigenvalue weighted by molar-refractivity contribution is 5.82. The average Bonchev–Trinajstić information content (AvgIpc) is 3.26. The predicted octanol–water partition coefficient (Wildman–Crippen LogP) is 5.59. The van der Waals surface area contributed by atoms with Crippen molar-refractivity contribution in [3.8, 4) is 11.1 Å². The van der Waals surface area contributed by atoms with Crippen molar-refractivity contribution in [1.82, 2.24) is 10.2 Å². The highest BCUT2D eigenvalue weighted by atomic mass is 16.5. The number of fused-ring (bicyclic) bond motifs is 3. The minimum Gasteiger partial charge on any atom is -0.480 e. The minimum absolute atomic E-state index is 0.0190. The van der Waals surface area contributed by atoms with Crippen LogP contribution < -0.4 is 5.32 Å². The maximum Gasteiger partial charge on any atom is 0.407 e. The topological polar surface area (TPSA) is 95.9 Å². The smallest absolute Gasteiger partial charge is 0.407 e. The van der Waals surface area contributed by atoms with Crippen molar-refractivity contribution in [2.75, 3.05) is 13.2 Å². The highest BCUT2D eigenvalue weighted by Gasteiger charge is 2.32. The van der Waals surface area contributed by atoms with Gasteiger partial charge in [-0.15, -0.1) is 0 Å². The van der Waals surface area contributed by atoms with Crippen LogP contribution in [0.25, 0.3) is 11.1 Å². The fraction of sp³-hybridized carbons (Fsp3) is 0.344. The van der Waals surface area contributed by atoms with E-state index in [0.29, 0.717) is 0 Å². The number of benzene rings is 3. The molecule has 0 radical (unpaired) electrons. The Bertz CT molecular complexity index is 1280. The third-order valence-electron chi connectivity index (χ3n) is 7.89. The lowest BCUT2D eigenvalue weighted by Gasteiger charge is -2.33. The molecule has 0 unspecified atom stereocenters. The first-order valence-electron chi connectivity index (χ1n) is 13.6. The van der Waals surface area contributed by atoms with Crippen LogP contribution in [0.2, 0.25) is 0 Å². The number of carboxylic acid groups (broad SMARTS) is 1.